The molecule has 0 amide bonds. The Balaban J connectivity index is 3.07. The molecule has 0 radical (unpaired) electrons. The van der Waals surface area contributed by atoms with Crippen LogP contribution in [-0.2, 0) is 12.0 Å². The van der Waals surface area contributed by atoms with E-state index >= 15 is 0 Å². The van der Waals surface area contributed by atoms with Gasteiger partial charge in [-0.1, -0.05) is 32.9 Å². The maximum Gasteiger partial charge on any atom is 0.123 e. The summed E-state index contributed by atoms with van der Waals surface area (Å²) in [4.78, 5) is 2.32. The predicted molar refractivity (Wildman–Crippen MR) is 78.3 cm³/mol. The van der Waals surface area contributed by atoms with E-state index in [1.165, 1.54) is 11.1 Å². The number of hydrogen-bond donors (Lipinski definition) is 0. The van der Waals surface area contributed by atoms with Gasteiger partial charge < -0.3 is 4.74 Å². The highest BCUT2D eigenvalue weighted by molar-refractivity contribution is 5.39. The molecule has 0 aliphatic heterocycles. The highest BCUT2D eigenvalue weighted by Crippen LogP contribution is 2.28. The molecule has 0 atom stereocenters. The van der Waals surface area contributed by atoms with E-state index < -0.39 is 0 Å². The van der Waals surface area contributed by atoms with Crippen LogP contribution < -0.4 is 4.74 Å². The summed E-state index contributed by atoms with van der Waals surface area (Å²) in [5.74, 6) is 0.982. The van der Waals surface area contributed by atoms with E-state index in [4.69, 9.17) is 4.74 Å². The molecular weight excluding hydrogens is 222 g/mol. The average molecular weight is 249 g/mol. The highest BCUT2D eigenvalue weighted by atomic mass is 16.5. The Morgan fingerprint density at radius 1 is 1.22 bits per heavy atom. The van der Waals surface area contributed by atoms with Crippen molar-refractivity contribution < 1.29 is 4.74 Å². The van der Waals surface area contributed by atoms with Gasteiger partial charge in [0.1, 0.15) is 5.75 Å². The Morgan fingerprint density at radius 2 is 1.83 bits per heavy atom. The summed E-state index contributed by atoms with van der Waals surface area (Å²) in [6.07, 6.45) is 0. The van der Waals surface area contributed by atoms with E-state index in [9.17, 15) is 0 Å². The summed E-state index contributed by atoms with van der Waals surface area (Å²) in [5.41, 5.74) is 2.80. The SMILES string of the molecule is COc1ccc(C(C)(C)C)cc1CN(C)C(C)C. The first-order chi connectivity index (χ1) is 8.25. The fourth-order valence-corrected chi connectivity index (χ4v) is 1.82. The van der Waals surface area contributed by atoms with Gasteiger partial charge in [0.2, 0.25) is 0 Å². The van der Waals surface area contributed by atoms with Gasteiger partial charge in [0, 0.05) is 18.2 Å². The zero-order chi connectivity index (χ0) is 13.9. The van der Waals surface area contributed by atoms with E-state index in [0.717, 1.165) is 12.3 Å². The van der Waals surface area contributed by atoms with Crippen molar-refractivity contribution >= 4 is 0 Å². The van der Waals surface area contributed by atoms with E-state index in [1.807, 2.05) is 0 Å². The quantitative estimate of drug-likeness (QED) is 0.804. The molecule has 0 aromatic heterocycles. The van der Waals surface area contributed by atoms with Gasteiger partial charge in [-0.25, -0.2) is 0 Å². The molecule has 1 rings (SSSR count). The number of rotatable bonds is 4. The second kappa shape index (κ2) is 5.75. The highest BCUT2D eigenvalue weighted by Gasteiger charge is 2.17. The van der Waals surface area contributed by atoms with Crippen molar-refractivity contribution in [2.75, 3.05) is 14.2 Å². The third-order valence-corrected chi connectivity index (χ3v) is 3.45. The van der Waals surface area contributed by atoms with Crippen molar-refractivity contribution in [3.63, 3.8) is 0 Å². The minimum atomic E-state index is 0.178. The predicted octanol–water partition coefficient (Wildman–Crippen LogP) is 3.83. The summed E-state index contributed by atoms with van der Waals surface area (Å²) in [6.45, 7) is 12.1. The molecule has 0 spiro atoms. The topological polar surface area (TPSA) is 12.5 Å². The molecule has 0 heterocycles. The molecule has 0 unspecified atom stereocenters. The number of methoxy groups -OCH3 is 1. The number of hydrogen-bond acceptors (Lipinski definition) is 2. The fourth-order valence-electron chi connectivity index (χ4n) is 1.82. The van der Waals surface area contributed by atoms with E-state index in [1.54, 1.807) is 7.11 Å². The van der Waals surface area contributed by atoms with Crippen molar-refractivity contribution in [3.05, 3.63) is 29.3 Å². The Labute approximate surface area is 112 Å². The largest absolute Gasteiger partial charge is 0.496 e. The molecule has 18 heavy (non-hydrogen) atoms. The van der Waals surface area contributed by atoms with Crippen LogP contribution in [0.2, 0.25) is 0 Å². The van der Waals surface area contributed by atoms with Gasteiger partial charge in [0.15, 0.2) is 0 Å². The van der Waals surface area contributed by atoms with Crippen LogP contribution in [-0.4, -0.2) is 25.1 Å². The Kier molecular flexibility index (Phi) is 4.80. The normalized spacial score (nSPS) is 12.3. The van der Waals surface area contributed by atoms with Crippen LogP contribution in [0.5, 0.6) is 5.75 Å². The zero-order valence-electron chi connectivity index (χ0n) is 12.9. The van der Waals surface area contributed by atoms with Crippen LogP contribution in [0, 0.1) is 0 Å². The molecular formula is C16H27NO. The van der Waals surface area contributed by atoms with Gasteiger partial charge in [-0.05, 0) is 37.9 Å². The minimum absolute atomic E-state index is 0.178. The first kappa shape index (κ1) is 15.0. The summed E-state index contributed by atoms with van der Waals surface area (Å²) < 4.78 is 5.47. The van der Waals surface area contributed by atoms with Crippen molar-refractivity contribution in [2.45, 2.75) is 52.6 Å². The maximum absolute atomic E-state index is 5.47. The maximum atomic E-state index is 5.47. The lowest BCUT2D eigenvalue weighted by Gasteiger charge is -2.25. The van der Waals surface area contributed by atoms with Gasteiger partial charge in [-0.15, -0.1) is 0 Å². The average Bonchev–Trinajstić information content (AvgIpc) is 2.27. The van der Waals surface area contributed by atoms with Crippen molar-refractivity contribution in [1.82, 2.24) is 4.90 Å². The van der Waals surface area contributed by atoms with Crippen LogP contribution in [0.3, 0.4) is 0 Å². The van der Waals surface area contributed by atoms with Gasteiger partial charge >= 0.3 is 0 Å². The summed E-state index contributed by atoms with van der Waals surface area (Å²) >= 11 is 0. The summed E-state index contributed by atoms with van der Waals surface area (Å²) in [6, 6.07) is 7.06. The molecule has 102 valence electrons. The summed E-state index contributed by atoms with van der Waals surface area (Å²) in [5, 5.41) is 0. The summed E-state index contributed by atoms with van der Waals surface area (Å²) in [7, 11) is 3.89. The third-order valence-electron chi connectivity index (χ3n) is 3.45. The second-order valence-electron chi connectivity index (χ2n) is 6.29. The molecule has 1 aromatic carbocycles. The van der Waals surface area contributed by atoms with Gasteiger partial charge in [0.05, 0.1) is 7.11 Å². The van der Waals surface area contributed by atoms with Crippen LogP contribution in [0.25, 0.3) is 0 Å². The Hall–Kier alpha value is -1.02. The van der Waals surface area contributed by atoms with E-state index in [0.29, 0.717) is 6.04 Å². The van der Waals surface area contributed by atoms with Crippen LogP contribution in [0.15, 0.2) is 18.2 Å². The fraction of sp³-hybridized carbons (Fsp3) is 0.625. The molecule has 0 saturated heterocycles. The van der Waals surface area contributed by atoms with Crippen LogP contribution in [0.4, 0.5) is 0 Å². The smallest absolute Gasteiger partial charge is 0.123 e. The van der Waals surface area contributed by atoms with Crippen molar-refractivity contribution in [2.24, 2.45) is 0 Å². The van der Waals surface area contributed by atoms with E-state index in [2.05, 4.69) is 64.8 Å². The van der Waals surface area contributed by atoms with Crippen molar-refractivity contribution in [1.29, 1.82) is 0 Å². The zero-order valence-corrected chi connectivity index (χ0v) is 12.9. The Bertz CT molecular complexity index is 391. The molecule has 0 N–H and O–H groups in total. The Morgan fingerprint density at radius 3 is 2.28 bits per heavy atom. The third kappa shape index (κ3) is 3.74. The monoisotopic (exact) mass is 249 g/mol. The molecule has 0 saturated carbocycles. The van der Waals surface area contributed by atoms with Crippen LogP contribution in [0.1, 0.15) is 45.7 Å². The van der Waals surface area contributed by atoms with Gasteiger partial charge in [-0.2, -0.15) is 0 Å². The number of ether oxygens (including phenoxy) is 1. The van der Waals surface area contributed by atoms with Gasteiger partial charge in [-0.3, -0.25) is 4.90 Å². The molecule has 0 bridgehead atoms. The lowest BCUT2D eigenvalue weighted by molar-refractivity contribution is 0.261. The molecule has 2 nitrogen and oxygen atoms in total. The van der Waals surface area contributed by atoms with Crippen LogP contribution >= 0.6 is 0 Å². The second-order valence-corrected chi connectivity index (χ2v) is 6.29. The van der Waals surface area contributed by atoms with E-state index in [-0.39, 0.29) is 5.41 Å². The lowest BCUT2D eigenvalue weighted by Crippen LogP contribution is -2.26. The number of benzene rings is 1. The molecule has 2 heteroatoms. The lowest BCUT2D eigenvalue weighted by atomic mass is 9.86. The van der Waals surface area contributed by atoms with Gasteiger partial charge in [0.25, 0.3) is 0 Å². The molecule has 0 fully saturated rings. The molecule has 0 aliphatic rings. The number of nitrogens with zero attached hydrogens (tertiary/aromatic N) is 1. The minimum Gasteiger partial charge on any atom is -0.496 e. The molecule has 1 aromatic rings. The van der Waals surface area contributed by atoms with Crippen molar-refractivity contribution in [3.8, 4) is 5.75 Å². The standard InChI is InChI=1S/C16H27NO/c1-12(2)17(6)11-13-10-14(16(3,4)5)8-9-15(13)18-7/h8-10,12H,11H2,1-7H3. The first-order valence-electron chi connectivity index (χ1n) is 6.63. The first-order valence-corrected chi connectivity index (χ1v) is 6.63. The molecule has 0 aliphatic carbocycles.